The number of aliphatic hydroxyl groups is 1. The number of carbonyl (C=O) groups is 1. The van der Waals surface area contributed by atoms with Crippen LogP contribution in [-0.2, 0) is 7.05 Å². The van der Waals surface area contributed by atoms with Gasteiger partial charge in [-0.2, -0.15) is 5.10 Å². The molecule has 2 aromatic heterocycles. The fourth-order valence-electron chi connectivity index (χ4n) is 1.71. The SMILES string of the molecule is CC(O)CCN(C)C(=O)c1cnc(-c2cnn(C)c2)s1. The molecule has 2 aromatic rings. The number of amides is 1. The van der Waals surface area contributed by atoms with Crippen LogP contribution in [0.25, 0.3) is 10.6 Å². The van der Waals surface area contributed by atoms with Crippen molar-refractivity contribution in [1.82, 2.24) is 19.7 Å². The molecule has 108 valence electrons. The third-order valence-corrected chi connectivity index (χ3v) is 3.93. The number of aromatic nitrogens is 3. The molecule has 0 saturated carbocycles. The second-order valence-corrected chi connectivity index (χ2v) is 5.83. The number of hydrogen-bond acceptors (Lipinski definition) is 5. The van der Waals surface area contributed by atoms with Crippen LogP contribution < -0.4 is 0 Å². The molecule has 1 amide bonds. The highest BCUT2D eigenvalue weighted by Crippen LogP contribution is 2.25. The van der Waals surface area contributed by atoms with E-state index in [4.69, 9.17) is 0 Å². The van der Waals surface area contributed by atoms with Crippen molar-refractivity contribution in [2.24, 2.45) is 7.05 Å². The number of rotatable bonds is 5. The van der Waals surface area contributed by atoms with Crippen molar-refractivity contribution in [2.75, 3.05) is 13.6 Å². The Labute approximate surface area is 121 Å². The zero-order valence-electron chi connectivity index (χ0n) is 11.8. The van der Waals surface area contributed by atoms with Crippen molar-refractivity contribution in [2.45, 2.75) is 19.4 Å². The summed E-state index contributed by atoms with van der Waals surface area (Å²) < 4.78 is 1.70. The van der Waals surface area contributed by atoms with Gasteiger partial charge in [-0.1, -0.05) is 0 Å². The van der Waals surface area contributed by atoms with Gasteiger partial charge in [-0.15, -0.1) is 11.3 Å². The number of aryl methyl sites for hydroxylation is 1. The highest BCUT2D eigenvalue weighted by atomic mass is 32.1. The summed E-state index contributed by atoms with van der Waals surface area (Å²) in [6, 6.07) is 0. The smallest absolute Gasteiger partial charge is 0.265 e. The Morgan fingerprint density at radius 1 is 1.55 bits per heavy atom. The van der Waals surface area contributed by atoms with Gasteiger partial charge >= 0.3 is 0 Å². The van der Waals surface area contributed by atoms with Gasteiger partial charge in [0.15, 0.2) is 0 Å². The lowest BCUT2D eigenvalue weighted by Gasteiger charge is -2.16. The summed E-state index contributed by atoms with van der Waals surface area (Å²) in [5.74, 6) is -0.0710. The van der Waals surface area contributed by atoms with Crippen LogP contribution in [0.15, 0.2) is 18.6 Å². The maximum atomic E-state index is 12.2. The molecule has 2 rings (SSSR count). The largest absolute Gasteiger partial charge is 0.393 e. The molecular formula is C13H18N4O2S. The van der Waals surface area contributed by atoms with E-state index in [2.05, 4.69) is 10.1 Å². The summed E-state index contributed by atoms with van der Waals surface area (Å²) in [5.41, 5.74) is 0.906. The van der Waals surface area contributed by atoms with E-state index in [1.807, 2.05) is 13.2 Å². The van der Waals surface area contributed by atoms with Crippen LogP contribution in [0.4, 0.5) is 0 Å². The Morgan fingerprint density at radius 3 is 2.90 bits per heavy atom. The molecule has 0 aliphatic carbocycles. The lowest BCUT2D eigenvalue weighted by molar-refractivity contribution is 0.0773. The van der Waals surface area contributed by atoms with E-state index in [0.29, 0.717) is 17.8 Å². The summed E-state index contributed by atoms with van der Waals surface area (Å²) in [6.07, 6.45) is 5.34. The quantitative estimate of drug-likeness (QED) is 0.904. The van der Waals surface area contributed by atoms with E-state index in [1.54, 1.807) is 35.9 Å². The van der Waals surface area contributed by atoms with Gasteiger partial charge in [0, 0.05) is 32.4 Å². The number of hydrogen-bond donors (Lipinski definition) is 1. The van der Waals surface area contributed by atoms with Crippen LogP contribution in [0, 0.1) is 0 Å². The van der Waals surface area contributed by atoms with Gasteiger partial charge in [0.05, 0.1) is 18.5 Å². The van der Waals surface area contributed by atoms with Crippen LogP contribution in [0.5, 0.6) is 0 Å². The zero-order chi connectivity index (χ0) is 14.7. The van der Waals surface area contributed by atoms with E-state index < -0.39 is 6.10 Å². The molecule has 2 heterocycles. The third kappa shape index (κ3) is 3.43. The molecule has 0 spiro atoms. The van der Waals surface area contributed by atoms with E-state index >= 15 is 0 Å². The summed E-state index contributed by atoms with van der Waals surface area (Å²) in [5, 5.41) is 14.1. The van der Waals surface area contributed by atoms with Crippen molar-refractivity contribution in [3.05, 3.63) is 23.5 Å². The third-order valence-electron chi connectivity index (χ3n) is 2.90. The molecular weight excluding hydrogens is 276 g/mol. The predicted molar refractivity (Wildman–Crippen MR) is 77.6 cm³/mol. The average molecular weight is 294 g/mol. The van der Waals surface area contributed by atoms with E-state index in [1.165, 1.54) is 11.3 Å². The molecule has 0 radical (unpaired) electrons. The van der Waals surface area contributed by atoms with E-state index in [9.17, 15) is 9.90 Å². The van der Waals surface area contributed by atoms with Gasteiger partial charge in [0.1, 0.15) is 9.88 Å². The summed E-state index contributed by atoms with van der Waals surface area (Å²) in [6.45, 7) is 2.24. The first-order valence-corrected chi connectivity index (χ1v) is 7.17. The van der Waals surface area contributed by atoms with Crippen molar-refractivity contribution in [1.29, 1.82) is 0 Å². The zero-order valence-corrected chi connectivity index (χ0v) is 12.6. The van der Waals surface area contributed by atoms with Gasteiger partial charge in [0.25, 0.3) is 5.91 Å². The second-order valence-electron chi connectivity index (χ2n) is 4.80. The summed E-state index contributed by atoms with van der Waals surface area (Å²) in [4.78, 5) is 18.7. The Balaban J connectivity index is 2.06. The molecule has 7 heteroatoms. The summed E-state index contributed by atoms with van der Waals surface area (Å²) >= 11 is 1.35. The molecule has 0 aromatic carbocycles. The minimum atomic E-state index is -0.405. The first kappa shape index (κ1) is 14.7. The normalized spacial score (nSPS) is 12.4. The first-order valence-electron chi connectivity index (χ1n) is 6.35. The lowest BCUT2D eigenvalue weighted by Crippen LogP contribution is -2.28. The molecule has 0 saturated heterocycles. The minimum Gasteiger partial charge on any atom is -0.393 e. The molecule has 1 atom stereocenters. The first-order chi connectivity index (χ1) is 9.47. The Kier molecular flexibility index (Phi) is 4.51. The number of carbonyl (C=O) groups excluding carboxylic acids is 1. The second kappa shape index (κ2) is 6.15. The lowest BCUT2D eigenvalue weighted by atomic mass is 10.3. The van der Waals surface area contributed by atoms with Gasteiger partial charge in [-0.05, 0) is 13.3 Å². The van der Waals surface area contributed by atoms with Gasteiger partial charge in [-0.25, -0.2) is 4.98 Å². The van der Waals surface area contributed by atoms with Crippen molar-refractivity contribution >= 4 is 17.2 Å². The fourth-order valence-corrected chi connectivity index (χ4v) is 2.59. The monoisotopic (exact) mass is 294 g/mol. The summed E-state index contributed by atoms with van der Waals surface area (Å²) in [7, 11) is 3.57. The van der Waals surface area contributed by atoms with Crippen LogP contribution in [-0.4, -0.2) is 50.4 Å². The number of thiazole rings is 1. The molecule has 0 aliphatic heterocycles. The van der Waals surface area contributed by atoms with Gasteiger partial charge in [0.2, 0.25) is 0 Å². The molecule has 0 bridgehead atoms. The molecule has 6 nitrogen and oxygen atoms in total. The van der Waals surface area contributed by atoms with Crippen LogP contribution in [0.3, 0.4) is 0 Å². The molecule has 1 unspecified atom stereocenters. The van der Waals surface area contributed by atoms with Crippen molar-refractivity contribution < 1.29 is 9.90 Å². The molecule has 1 N–H and O–H groups in total. The van der Waals surface area contributed by atoms with Crippen LogP contribution >= 0.6 is 11.3 Å². The van der Waals surface area contributed by atoms with Gasteiger partial charge in [-0.3, -0.25) is 9.48 Å². The maximum Gasteiger partial charge on any atom is 0.265 e. The average Bonchev–Trinajstić information content (AvgIpc) is 3.03. The van der Waals surface area contributed by atoms with E-state index in [0.717, 1.165) is 10.6 Å². The Hall–Kier alpha value is -1.73. The maximum absolute atomic E-state index is 12.2. The van der Waals surface area contributed by atoms with Crippen LogP contribution in [0.1, 0.15) is 23.0 Å². The Morgan fingerprint density at radius 2 is 2.30 bits per heavy atom. The van der Waals surface area contributed by atoms with Crippen molar-refractivity contribution in [3.63, 3.8) is 0 Å². The van der Waals surface area contributed by atoms with Crippen molar-refractivity contribution in [3.8, 4) is 10.6 Å². The van der Waals surface area contributed by atoms with Crippen LogP contribution in [0.2, 0.25) is 0 Å². The standard InChI is InChI=1S/C13H18N4O2S/c1-9(18)4-5-16(2)13(19)11-7-14-12(20-11)10-6-15-17(3)8-10/h6-9,18H,4-5H2,1-3H3. The molecule has 0 aliphatic rings. The predicted octanol–water partition coefficient (Wildman–Crippen LogP) is 1.39. The van der Waals surface area contributed by atoms with E-state index in [-0.39, 0.29) is 5.91 Å². The highest BCUT2D eigenvalue weighted by Gasteiger charge is 2.16. The Bertz CT molecular complexity index is 591. The number of nitrogens with zero attached hydrogens (tertiary/aromatic N) is 4. The topological polar surface area (TPSA) is 71.2 Å². The minimum absolute atomic E-state index is 0.0710. The van der Waals surface area contributed by atoms with Gasteiger partial charge < -0.3 is 10.0 Å². The highest BCUT2D eigenvalue weighted by molar-refractivity contribution is 7.16. The molecule has 20 heavy (non-hydrogen) atoms. The number of aliphatic hydroxyl groups excluding tert-OH is 1. The fraction of sp³-hybridized carbons (Fsp3) is 0.462. The molecule has 0 fully saturated rings.